The minimum Gasteiger partial charge on any atom is -0.400 e. The van der Waals surface area contributed by atoms with Gasteiger partial charge in [0.2, 0.25) is 5.91 Å². The Balaban J connectivity index is 2.15. The van der Waals surface area contributed by atoms with E-state index in [-0.39, 0.29) is 19.0 Å². The number of hydrazine groups is 1. The van der Waals surface area contributed by atoms with Gasteiger partial charge in [0.1, 0.15) is 5.82 Å². The zero-order chi connectivity index (χ0) is 17.0. The number of amides is 1. The van der Waals surface area contributed by atoms with Crippen molar-refractivity contribution >= 4 is 17.3 Å². The van der Waals surface area contributed by atoms with Gasteiger partial charge in [-0.05, 0) is 19.1 Å². The third kappa shape index (κ3) is 3.91. The number of hydrogen-bond acceptors (Lipinski definition) is 6. The number of hydrogen-bond donors (Lipinski definition) is 3. The number of rotatable bonds is 5. The summed E-state index contributed by atoms with van der Waals surface area (Å²) in [5.74, 6) is 5.37. The number of likely N-dealkylation sites (N-methyl/N-ethyl adjacent to an activating group) is 1. The van der Waals surface area contributed by atoms with E-state index in [1.54, 1.807) is 21.9 Å². The lowest BCUT2D eigenvalue weighted by atomic mass is 10.2. The third-order valence-electron chi connectivity index (χ3n) is 3.81. The van der Waals surface area contributed by atoms with E-state index in [4.69, 9.17) is 17.3 Å². The van der Waals surface area contributed by atoms with Crippen LogP contribution in [0.15, 0.2) is 30.1 Å². The maximum atomic E-state index is 14.4. The van der Waals surface area contributed by atoms with Crippen LogP contribution in [0, 0.1) is 5.82 Å². The quantitative estimate of drug-likeness (QED) is 0.518. The zero-order valence-corrected chi connectivity index (χ0v) is 13.2. The van der Waals surface area contributed by atoms with Crippen LogP contribution in [0.1, 0.15) is 6.92 Å². The number of carbonyl (C=O) groups is 1. The summed E-state index contributed by atoms with van der Waals surface area (Å²) in [6.07, 6.45) is 1.44. The molecule has 6 N–H and O–H groups in total. The lowest BCUT2D eigenvalue weighted by Crippen LogP contribution is -2.50. The van der Waals surface area contributed by atoms with Gasteiger partial charge < -0.3 is 21.3 Å². The predicted molar refractivity (Wildman–Crippen MR) is 88.9 cm³/mol. The molecule has 0 spiro atoms. The highest BCUT2D eigenvalue weighted by Crippen LogP contribution is 2.25. The SMILES string of the molecule is CCN1CCN(c2ccc(N(N)/C=C(\N)CN)cc2F)CC1=O. The minimum atomic E-state index is -0.435. The van der Waals surface area contributed by atoms with Crippen molar-refractivity contribution in [1.82, 2.24) is 4.90 Å². The van der Waals surface area contributed by atoms with Gasteiger partial charge in [0.15, 0.2) is 0 Å². The zero-order valence-electron chi connectivity index (χ0n) is 13.2. The van der Waals surface area contributed by atoms with Crippen molar-refractivity contribution in [2.45, 2.75) is 6.92 Å². The molecule has 2 rings (SSSR count). The standard InChI is InChI=1S/C15H23FN6O/c1-2-20-5-6-21(10-15(20)23)14-4-3-12(7-13(14)16)22(19)9-11(18)8-17/h3-4,7,9H,2,5-6,8,10,17-19H2,1H3/b11-9-. The van der Waals surface area contributed by atoms with Gasteiger partial charge in [0, 0.05) is 44.1 Å². The summed E-state index contributed by atoms with van der Waals surface area (Å²) >= 11 is 0. The van der Waals surface area contributed by atoms with Crippen LogP contribution < -0.4 is 27.2 Å². The van der Waals surface area contributed by atoms with Crippen molar-refractivity contribution in [3.8, 4) is 0 Å². The van der Waals surface area contributed by atoms with Gasteiger partial charge in [-0.2, -0.15) is 0 Å². The maximum Gasteiger partial charge on any atom is 0.242 e. The summed E-state index contributed by atoms with van der Waals surface area (Å²) in [6, 6.07) is 4.60. The van der Waals surface area contributed by atoms with Crippen LogP contribution in [0.5, 0.6) is 0 Å². The number of benzene rings is 1. The van der Waals surface area contributed by atoms with Gasteiger partial charge in [-0.25, -0.2) is 10.2 Å². The summed E-state index contributed by atoms with van der Waals surface area (Å²) in [7, 11) is 0. The van der Waals surface area contributed by atoms with Gasteiger partial charge >= 0.3 is 0 Å². The molecule has 7 nitrogen and oxygen atoms in total. The first-order valence-corrected chi connectivity index (χ1v) is 7.48. The van der Waals surface area contributed by atoms with Crippen molar-refractivity contribution in [2.75, 3.05) is 42.6 Å². The summed E-state index contributed by atoms with van der Waals surface area (Å²) in [6.45, 7) is 4.14. The van der Waals surface area contributed by atoms with E-state index in [2.05, 4.69) is 0 Å². The third-order valence-corrected chi connectivity index (χ3v) is 3.81. The first-order chi connectivity index (χ1) is 11.0. The molecule has 23 heavy (non-hydrogen) atoms. The van der Waals surface area contributed by atoms with E-state index < -0.39 is 5.82 Å². The summed E-state index contributed by atoms with van der Waals surface area (Å²) < 4.78 is 14.4. The Labute approximate surface area is 135 Å². The molecule has 0 aromatic heterocycles. The summed E-state index contributed by atoms with van der Waals surface area (Å²) in [5, 5.41) is 1.22. The van der Waals surface area contributed by atoms with E-state index >= 15 is 0 Å². The van der Waals surface area contributed by atoms with E-state index in [0.717, 1.165) is 0 Å². The molecule has 0 radical (unpaired) electrons. The van der Waals surface area contributed by atoms with Gasteiger partial charge in [0.05, 0.1) is 17.9 Å². The lowest BCUT2D eigenvalue weighted by Gasteiger charge is -2.35. The van der Waals surface area contributed by atoms with Crippen LogP contribution in [0.2, 0.25) is 0 Å². The van der Waals surface area contributed by atoms with Crippen molar-refractivity contribution < 1.29 is 9.18 Å². The van der Waals surface area contributed by atoms with Crippen LogP contribution in [0.3, 0.4) is 0 Å². The number of nitrogens with two attached hydrogens (primary N) is 3. The number of halogens is 1. The van der Waals surface area contributed by atoms with Gasteiger partial charge in [0.25, 0.3) is 0 Å². The Kier molecular flexibility index (Phi) is 5.41. The van der Waals surface area contributed by atoms with E-state index in [1.807, 2.05) is 6.92 Å². The average molecular weight is 322 g/mol. The smallest absolute Gasteiger partial charge is 0.242 e. The molecule has 1 aliphatic heterocycles. The molecule has 0 bridgehead atoms. The minimum absolute atomic E-state index is 0.00123. The van der Waals surface area contributed by atoms with Crippen LogP contribution >= 0.6 is 0 Å². The second-order valence-electron chi connectivity index (χ2n) is 5.35. The van der Waals surface area contributed by atoms with Crippen molar-refractivity contribution in [3.05, 3.63) is 35.9 Å². The molecule has 0 atom stereocenters. The maximum absolute atomic E-state index is 14.4. The average Bonchev–Trinajstić information content (AvgIpc) is 2.54. The molecule has 1 amide bonds. The topological polar surface area (TPSA) is 105 Å². The highest BCUT2D eigenvalue weighted by Gasteiger charge is 2.24. The molecule has 8 heteroatoms. The van der Waals surface area contributed by atoms with Crippen LogP contribution in [-0.2, 0) is 4.79 Å². The molecule has 1 heterocycles. The van der Waals surface area contributed by atoms with Gasteiger partial charge in [-0.1, -0.05) is 0 Å². The fourth-order valence-electron chi connectivity index (χ4n) is 2.47. The van der Waals surface area contributed by atoms with Gasteiger partial charge in [-0.3, -0.25) is 9.80 Å². The van der Waals surface area contributed by atoms with Crippen LogP contribution in [0.4, 0.5) is 15.8 Å². The molecule has 1 aromatic rings. The predicted octanol–water partition coefficient (Wildman–Crippen LogP) is -0.0669. The van der Waals surface area contributed by atoms with Crippen molar-refractivity contribution in [3.63, 3.8) is 0 Å². The molecule has 0 aliphatic carbocycles. The molecule has 126 valence electrons. The fourth-order valence-corrected chi connectivity index (χ4v) is 2.47. The molecule has 0 unspecified atom stereocenters. The van der Waals surface area contributed by atoms with Gasteiger partial charge in [-0.15, -0.1) is 0 Å². The number of nitrogens with zero attached hydrogens (tertiary/aromatic N) is 3. The Morgan fingerprint density at radius 2 is 2.17 bits per heavy atom. The van der Waals surface area contributed by atoms with E-state index in [1.165, 1.54) is 17.3 Å². The lowest BCUT2D eigenvalue weighted by molar-refractivity contribution is -0.130. The second-order valence-corrected chi connectivity index (χ2v) is 5.35. The Morgan fingerprint density at radius 3 is 2.74 bits per heavy atom. The van der Waals surface area contributed by atoms with Crippen molar-refractivity contribution in [2.24, 2.45) is 17.3 Å². The number of piperazine rings is 1. The first kappa shape index (κ1) is 17.0. The summed E-state index contributed by atoms with van der Waals surface area (Å²) in [5.41, 5.74) is 12.2. The molecule has 1 saturated heterocycles. The molecule has 1 aromatic carbocycles. The summed E-state index contributed by atoms with van der Waals surface area (Å²) in [4.78, 5) is 15.4. The molecule has 0 saturated carbocycles. The fraction of sp³-hybridized carbons (Fsp3) is 0.400. The Hall–Kier alpha value is -2.32. The highest BCUT2D eigenvalue weighted by atomic mass is 19.1. The largest absolute Gasteiger partial charge is 0.400 e. The second kappa shape index (κ2) is 7.30. The highest BCUT2D eigenvalue weighted by molar-refractivity contribution is 5.83. The van der Waals surface area contributed by atoms with Crippen LogP contribution in [0.25, 0.3) is 0 Å². The molecular formula is C15H23FN6O. The van der Waals surface area contributed by atoms with Crippen LogP contribution in [-0.4, -0.2) is 43.5 Å². The van der Waals surface area contributed by atoms with Crippen molar-refractivity contribution in [1.29, 1.82) is 0 Å². The molecule has 1 fully saturated rings. The number of anilines is 2. The molecular weight excluding hydrogens is 299 g/mol. The van der Waals surface area contributed by atoms with E-state index in [9.17, 15) is 9.18 Å². The Morgan fingerprint density at radius 1 is 1.43 bits per heavy atom. The molecule has 1 aliphatic rings. The Bertz CT molecular complexity index is 606. The number of carbonyl (C=O) groups excluding carboxylic acids is 1. The normalized spacial score (nSPS) is 16.0. The first-order valence-electron chi connectivity index (χ1n) is 7.48. The van der Waals surface area contributed by atoms with E-state index in [0.29, 0.717) is 36.7 Å². The monoisotopic (exact) mass is 322 g/mol.